The zero-order valence-electron chi connectivity index (χ0n) is 21.4. The second-order valence-electron chi connectivity index (χ2n) is 8.83. The van der Waals surface area contributed by atoms with Gasteiger partial charge in [-0.05, 0) is 29.7 Å². The highest BCUT2D eigenvalue weighted by Crippen LogP contribution is 2.11. The number of nitrogens with two attached hydrogens (primary N) is 1. The Balaban J connectivity index is 1.95. The highest BCUT2D eigenvalue weighted by Gasteiger charge is 2.27. The van der Waals surface area contributed by atoms with Crippen molar-refractivity contribution in [2.45, 2.75) is 37.0 Å². The molecule has 0 unspecified atom stereocenters. The lowest BCUT2D eigenvalue weighted by molar-refractivity contribution is -0.141. The third kappa shape index (κ3) is 10.8. The lowest BCUT2D eigenvalue weighted by atomic mass is 10.0. The van der Waals surface area contributed by atoms with Gasteiger partial charge in [-0.15, -0.1) is 0 Å². The summed E-state index contributed by atoms with van der Waals surface area (Å²) in [4.78, 5) is 61.9. The van der Waals surface area contributed by atoms with Crippen LogP contribution in [0, 0.1) is 0 Å². The fraction of sp³-hybridized carbons (Fsp3) is 0.346. The zero-order valence-corrected chi connectivity index (χ0v) is 23.2. The minimum absolute atomic E-state index is 0.0690. The number of rotatable bonds is 15. The summed E-state index contributed by atoms with van der Waals surface area (Å²) in [5, 5.41) is 28.3. The number of nitrogens with one attached hydrogen (secondary N) is 4. The molecule has 0 saturated heterocycles. The number of hydrogen-bond acceptors (Lipinski definition) is 9. The Hall–Kier alpha value is -3.75. The standard InChI is InChI=1S/C26H33N5O7S2/c27-18(10-16-6-8-17(32)9-7-16)23(34)30-20(13-39)24(35)28-12-22(33)29-19(11-15-4-2-1-3-5-15)25(36)31-21(14-40)26(37)38/h1-9,18-21,32,39-40H,10-14,27H2,(H,28,35)(H,29,33)(H,30,34)(H,31,36)(H,37,38)/t18-,19-,20-,21-/m0/s1. The van der Waals surface area contributed by atoms with Crippen molar-refractivity contribution in [1.29, 1.82) is 0 Å². The van der Waals surface area contributed by atoms with Crippen molar-refractivity contribution in [2.24, 2.45) is 5.73 Å². The summed E-state index contributed by atoms with van der Waals surface area (Å²) >= 11 is 8.03. The molecule has 0 aromatic heterocycles. The Bertz CT molecular complexity index is 1170. The molecule has 0 heterocycles. The summed E-state index contributed by atoms with van der Waals surface area (Å²) in [6.07, 6.45) is 0.232. The Morgan fingerprint density at radius 3 is 1.88 bits per heavy atom. The second kappa shape index (κ2) is 16.4. The van der Waals surface area contributed by atoms with Gasteiger partial charge in [0.25, 0.3) is 0 Å². The number of carbonyl (C=O) groups excluding carboxylic acids is 4. The average Bonchev–Trinajstić information content (AvgIpc) is 2.94. The highest BCUT2D eigenvalue weighted by molar-refractivity contribution is 7.80. The number of thiol groups is 2. The van der Waals surface area contributed by atoms with Crippen molar-refractivity contribution in [2.75, 3.05) is 18.1 Å². The Labute approximate surface area is 242 Å². The maximum absolute atomic E-state index is 12.8. The highest BCUT2D eigenvalue weighted by atomic mass is 32.1. The topological polar surface area (TPSA) is 200 Å². The van der Waals surface area contributed by atoms with Crippen molar-refractivity contribution >= 4 is 54.9 Å². The number of carbonyl (C=O) groups is 5. The van der Waals surface area contributed by atoms with E-state index >= 15 is 0 Å². The molecule has 4 amide bonds. The van der Waals surface area contributed by atoms with Crippen LogP contribution in [-0.2, 0) is 36.8 Å². The minimum atomic E-state index is -1.27. The Morgan fingerprint density at radius 2 is 1.30 bits per heavy atom. The van der Waals surface area contributed by atoms with Gasteiger partial charge in [-0.1, -0.05) is 42.5 Å². The number of hydrogen-bond donors (Lipinski definition) is 9. The van der Waals surface area contributed by atoms with Crippen LogP contribution in [0.5, 0.6) is 5.75 Å². The van der Waals surface area contributed by atoms with Crippen LogP contribution in [-0.4, -0.2) is 82.0 Å². The first-order valence-electron chi connectivity index (χ1n) is 12.2. The number of carboxylic acids is 1. The third-order valence-electron chi connectivity index (χ3n) is 5.70. The van der Waals surface area contributed by atoms with Gasteiger partial charge in [-0.3, -0.25) is 19.2 Å². The largest absolute Gasteiger partial charge is 0.508 e. The van der Waals surface area contributed by atoms with E-state index in [1.165, 1.54) is 12.1 Å². The Kier molecular flexibility index (Phi) is 13.3. The Morgan fingerprint density at radius 1 is 0.725 bits per heavy atom. The maximum Gasteiger partial charge on any atom is 0.327 e. The molecule has 0 radical (unpaired) electrons. The molecule has 40 heavy (non-hydrogen) atoms. The van der Waals surface area contributed by atoms with E-state index in [1.807, 2.05) is 0 Å². The SMILES string of the molecule is N[C@@H](Cc1ccc(O)cc1)C(=O)N[C@@H](CS)C(=O)NCC(=O)N[C@@H](Cc1ccccc1)C(=O)N[C@@H](CS)C(=O)O. The van der Waals surface area contributed by atoms with E-state index in [-0.39, 0.29) is 30.1 Å². The van der Waals surface area contributed by atoms with E-state index in [9.17, 15) is 34.2 Å². The van der Waals surface area contributed by atoms with E-state index in [4.69, 9.17) is 5.73 Å². The predicted octanol–water partition coefficient (Wildman–Crippen LogP) is -0.980. The smallest absolute Gasteiger partial charge is 0.327 e. The molecular weight excluding hydrogens is 558 g/mol. The lowest BCUT2D eigenvalue weighted by Gasteiger charge is -2.22. The molecule has 4 atom stereocenters. The molecule has 0 spiro atoms. The zero-order chi connectivity index (χ0) is 29.7. The quantitative estimate of drug-likeness (QED) is 0.118. The van der Waals surface area contributed by atoms with Gasteiger partial charge in [0.1, 0.15) is 23.9 Å². The molecule has 0 aliphatic heterocycles. The number of benzene rings is 2. The number of phenolic OH excluding ortho intramolecular Hbond substituents is 1. The van der Waals surface area contributed by atoms with Gasteiger partial charge in [0.15, 0.2) is 0 Å². The molecule has 0 saturated carbocycles. The summed E-state index contributed by atoms with van der Waals surface area (Å²) in [7, 11) is 0. The van der Waals surface area contributed by atoms with Crippen LogP contribution in [0.1, 0.15) is 11.1 Å². The van der Waals surface area contributed by atoms with Gasteiger partial charge in [-0.2, -0.15) is 25.3 Å². The van der Waals surface area contributed by atoms with Crippen LogP contribution in [0.15, 0.2) is 54.6 Å². The number of aliphatic carboxylic acids is 1. The van der Waals surface area contributed by atoms with Crippen molar-refractivity contribution in [3.8, 4) is 5.75 Å². The van der Waals surface area contributed by atoms with E-state index in [1.54, 1.807) is 42.5 Å². The van der Waals surface area contributed by atoms with Crippen molar-refractivity contribution in [1.82, 2.24) is 21.3 Å². The van der Waals surface area contributed by atoms with Crippen LogP contribution in [0.3, 0.4) is 0 Å². The summed E-state index contributed by atoms with van der Waals surface area (Å²) in [6.45, 7) is -0.522. The minimum Gasteiger partial charge on any atom is -0.508 e. The summed E-state index contributed by atoms with van der Waals surface area (Å²) in [6, 6.07) is 10.5. The fourth-order valence-corrected chi connectivity index (χ4v) is 4.01. The van der Waals surface area contributed by atoms with Crippen LogP contribution in [0.4, 0.5) is 0 Å². The normalized spacial score (nSPS) is 13.7. The molecule has 216 valence electrons. The van der Waals surface area contributed by atoms with Gasteiger partial charge in [0.2, 0.25) is 23.6 Å². The molecule has 2 rings (SSSR count). The van der Waals surface area contributed by atoms with Crippen LogP contribution in [0.25, 0.3) is 0 Å². The maximum atomic E-state index is 12.8. The predicted molar refractivity (Wildman–Crippen MR) is 154 cm³/mol. The molecule has 2 aromatic carbocycles. The first-order valence-corrected chi connectivity index (χ1v) is 13.5. The van der Waals surface area contributed by atoms with E-state index in [2.05, 4.69) is 46.5 Å². The number of aromatic hydroxyl groups is 1. The average molecular weight is 592 g/mol. The first-order chi connectivity index (χ1) is 19.0. The van der Waals surface area contributed by atoms with Gasteiger partial charge >= 0.3 is 5.97 Å². The van der Waals surface area contributed by atoms with Crippen LogP contribution in [0.2, 0.25) is 0 Å². The van der Waals surface area contributed by atoms with Crippen molar-refractivity contribution < 1.29 is 34.2 Å². The lowest BCUT2D eigenvalue weighted by Crippen LogP contribution is -2.56. The molecule has 0 fully saturated rings. The van der Waals surface area contributed by atoms with Crippen LogP contribution >= 0.6 is 25.3 Å². The molecule has 8 N–H and O–H groups in total. The second-order valence-corrected chi connectivity index (χ2v) is 9.56. The van der Waals surface area contributed by atoms with Crippen LogP contribution < -0.4 is 27.0 Å². The van der Waals surface area contributed by atoms with Crippen molar-refractivity contribution in [3.63, 3.8) is 0 Å². The van der Waals surface area contributed by atoms with E-state index in [0.29, 0.717) is 11.1 Å². The summed E-state index contributed by atoms with van der Waals surface area (Å²) < 4.78 is 0. The third-order valence-corrected chi connectivity index (χ3v) is 6.43. The van der Waals surface area contributed by atoms with E-state index < -0.39 is 60.3 Å². The monoisotopic (exact) mass is 591 g/mol. The summed E-state index contributed by atoms with van der Waals surface area (Å²) in [5.41, 5.74) is 7.37. The molecule has 0 bridgehead atoms. The molecule has 0 aliphatic carbocycles. The first kappa shape index (κ1) is 32.5. The van der Waals surface area contributed by atoms with Gasteiger partial charge in [-0.25, -0.2) is 4.79 Å². The molecular formula is C26H33N5O7S2. The summed E-state index contributed by atoms with van der Waals surface area (Å²) in [5.74, 6) is -4.18. The molecule has 2 aromatic rings. The number of phenols is 1. The number of carboxylic acid groups (broad SMARTS) is 1. The fourth-order valence-electron chi connectivity index (χ4n) is 3.50. The molecule has 14 heteroatoms. The van der Waals surface area contributed by atoms with Gasteiger partial charge in [0.05, 0.1) is 12.6 Å². The molecule has 12 nitrogen and oxygen atoms in total. The number of amides is 4. The van der Waals surface area contributed by atoms with Gasteiger partial charge < -0.3 is 37.2 Å². The van der Waals surface area contributed by atoms with E-state index in [0.717, 1.165) is 0 Å². The van der Waals surface area contributed by atoms with Gasteiger partial charge in [0, 0.05) is 17.9 Å². The molecule has 0 aliphatic rings. The van der Waals surface area contributed by atoms with Crippen molar-refractivity contribution in [3.05, 3.63) is 65.7 Å².